The molecule has 1 aliphatic heterocycles. The van der Waals surface area contributed by atoms with E-state index in [-0.39, 0.29) is 4.90 Å². The summed E-state index contributed by atoms with van der Waals surface area (Å²) >= 11 is 0. The molecule has 92 valence electrons. The van der Waals surface area contributed by atoms with Crippen LogP contribution < -0.4 is 11.1 Å². The summed E-state index contributed by atoms with van der Waals surface area (Å²) in [5.74, 6) is -0.515. The zero-order valence-electron chi connectivity index (χ0n) is 9.65. The molecule has 0 unspecified atom stereocenters. The lowest BCUT2D eigenvalue weighted by atomic mass is 10.1. The molecule has 0 fully saturated rings. The van der Waals surface area contributed by atoms with Crippen molar-refractivity contribution in [1.82, 2.24) is 0 Å². The Bertz CT molecular complexity index is 591. The van der Waals surface area contributed by atoms with Gasteiger partial charge in [0.2, 0.25) is 5.91 Å². The van der Waals surface area contributed by atoms with Crippen LogP contribution in [0.25, 0.3) is 0 Å². The molecule has 5 nitrogen and oxygen atoms in total. The van der Waals surface area contributed by atoms with Gasteiger partial charge in [-0.15, -0.1) is 0 Å². The predicted molar refractivity (Wildman–Crippen MR) is 64.2 cm³/mol. The first-order valence-electron chi connectivity index (χ1n) is 5.20. The van der Waals surface area contributed by atoms with Crippen molar-refractivity contribution in [3.8, 4) is 0 Å². The summed E-state index contributed by atoms with van der Waals surface area (Å²) in [6.45, 7) is 3.10. The molecule has 1 aromatic rings. The van der Waals surface area contributed by atoms with E-state index in [1.54, 1.807) is 12.1 Å². The van der Waals surface area contributed by atoms with Crippen LogP contribution in [0.4, 0.5) is 5.69 Å². The van der Waals surface area contributed by atoms with Crippen molar-refractivity contribution in [2.75, 3.05) is 5.32 Å². The van der Waals surface area contributed by atoms with E-state index in [4.69, 9.17) is 5.73 Å². The van der Waals surface area contributed by atoms with Gasteiger partial charge in [0.15, 0.2) is 9.84 Å². The topological polar surface area (TPSA) is 89.3 Å². The average Bonchev–Trinajstić information content (AvgIpc) is 2.26. The number of carbonyl (C=O) groups is 1. The van der Waals surface area contributed by atoms with Gasteiger partial charge in [-0.3, -0.25) is 4.79 Å². The molecule has 1 amide bonds. The van der Waals surface area contributed by atoms with Gasteiger partial charge >= 0.3 is 0 Å². The molecule has 0 spiro atoms. The molecule has 2 rings (SSSR count). The Hall–Kier alpha value is -1.40. The number of fused-ring (bicyclic) bond motifs is 1. The summed E-state index contributed by atoms with van der Waals surface area (Å²) in [4.78, 5) is 11.9. The lowest BCUT2D eigenvalue weighted by molar-refractivity contribution is -0.118. The summed E-state index contributed by atoms with van der Waals surface area (Å²) in [7, 11) is -3.65. The van der Waals surface area contributed by atoms with E-state index in [1.807, 2.05) is 0 Å². The van der Waals surface area contributed by atoms with Gasteiger partial charge in [-0.2, -0.15) is 0 Å². The van der Waals surface area contributed by atoms with Crippen LogP contribution >= 0.6 is 0 Å². The van der Waals surface area contributed by atoms with Crippen molar-refractivity contribution in [3.63, 3.8) is 0 Å². The predicted octanol–water partition coefficient (Wildman–Crippen LogP) is 0.650. The van der Waals surface area contributed by atoms with E-state index in [0.717, 1.165) is 5.56 Å². The Labute approximate surface area is 99.9 Å². The van der Waals surface area contributed by atoms with Crippen LogP contribution in [-0.2, 0) is 21.2 Å². The van der Waals surface area contributed by atoms with Gasteiger partial charge in [-0.1, -0.05) is 6.07 Å². The first-order valence-corrected chi connectivity index (χ1v) is 6.68. The van der Waals surface area contributed by atoms with Gasteiger partial charge in [0.05, 0.1) is 10.6 Å². The van der Waals surface area contributed by atoms with E-state index < -0.39 is 20.5 Å². The second kappa shape index (κ2) is 3.54. The van der Waals surface area contributed by atoms with E-state index in [0.29, 0.717) is 12.2 Å². The lowest BCUT2D eigenvalue weighted by Crippen LogP contribution is -2.48. The first kappa shape index (κ1) is 12.1. The fraction of sp³-hybridized carbons (Fsp3) is 0.364. The Morgan fingerprint density at radius 1 is 1.35 bits per heavy atom. The van der Waals surface area contributed by atoms with Crippen LogP contribution in [0.3, 0.4) is 0 Å². The number of nitrogens with two attached hydrogens (primary N) is 1. The molecule has 3 N–H and O–H groups in total. The van der Waals surface area contributed by atoms with Gasteiger partial charge in [-0.25, -0.2) is 8.42 Å². The van der Waals surface area contributed by atoms with Crippen LogP contribution in [0.2, 0.25) is 0 Å². The fourth-order valence-electron chi connectivity index (χ4n) is 1.71. The lowest BCUT2D eigenvalue weighted by Gasteiger charge is -2.30. The minimum absolute atomic E-state index is 0.152. The van der Waals surface area contributed by atoms with Gasteiger partial charge in [0.25, 0.3) is 0 Å². The molecule has 0 aliphatic carbocycles. The number of carbonyl (C=O) groups excluding carboxylic acids is 1. The third kappa shape index (κ3) is 1.56. The molecule has 0 bridgehead atoms. The number of anilines is 1. The number of hydrogen-bond donors (Lipinski definition) is 2. The molecule has 0 saturated carbocycles. The molecule has 0 atom stereocenters. The molecule has 0 aromatic heterocycles. The third-order valence-electron chi connectivity index (χ3n) is 3.04. The minimum Gasteiger partial charge on any atom is -0.326 e. The maximum absolute atomic E-state index is 12.2. The molecule has 6 heteroatoms. The molecule has 1 aliphatic rings. The van der Waals surface area contributed by atoms with Crippen molar-refractivity contribution < 1.29 is 13.2 Å². The van der Waals surface area contributed by atoms with Crippen molar-refractivity contribution in [2.24, 2.45) is 5.73 Å². The van der Waals surface area contributed by atoms with Crippen LogP contribution in [-0.4, -0.2) is 19.1 Å². The van der Waals surface area contributed by atoms with E-state index in [1.165, 1.54) is 19.9 Å². The molecule has 17 heavy (non-hydrogen) atoms. The molecule has 1 heterocycles. The zero-order chi connectivity index (χ0) is 12.8. The smallest absolute Gasteiger partial charge is 0.245 e. The quantitative estimate of drug-likeness (QED) is 0.770. The summed E-state index contributed by atoms with van der Waals surface area (Å²) in [6, 6.07) is 4.75. The highest BCUT2D eigenvalue weighted by Gasteiger charge is 2.47. The van der Waals surface area contributed by atoms with Gasteiger partial charge in [0, 0.05) is 6.54 Å². The van der Waals surface area contributed by atoms with Gasteiger partial charge in [-0.05, 0) is 31.5 Å². The van der Waals surface area contributed by atoms with E-state index in [2.05, 4.69) is 5.32 Å². The Kier molecular flexibility index (Phi) is 2.52. The highest BCUT2D eigenvalue weighted by atomic mass is 32.2. The monoisotopic (exact) mass is 254 g/mol. The highest BCUT2D eigenvalue weighted by Crippen LogP contribution is 2.36. The third-order valence-corrected chi connectivity index (χ3v) is 5.50. The molecular formula is C11H14N2O3S. The maximum atomic E-state index is 12.2. The first-order chi connectivity index (χ1) is 7.80. The summed E-state index contributed by atoms with van der Waals surface area (Å²) in [6.07, 6.45) is 0. The van der Waals surface area contributed by atoms with Crippen LogP contribution in [0.15, 0.2) is 23.1 Å². The van der Waals surface area contributed by atoms with Gasteiger partial charge < -0.3 is 11.1 Å². The number of hydrogen-bond acceptors (Lipinski definition) is 4. The zero-order valence-corrected chi connectivity index (χ0v) is 10.5. The number of amides is 1. The standard InChI is InChI=1S/C11H14N2O3S/c1-11(2)10(14)13-8-5-7(6-12)3-4-9(8)17(11,15)16/h3-5H,6,12H2,1-2H3,(H,13,14). The van der Waals surface area contributed by atoms with E-state index in [9.17, 15) is 13.2 Å². The SMILES string of the molecule is CC1(C)C(=O)Nc2cc(CN)ccc2S1(=O)=O. The summed E-state index contributed by atoms with van der Waals surface area (Å²) in [5, 5.41) is 2.61. The van der Waals surface area contributed by atoms with Crippen molar-refractivity contribution in [1.29, 1.82) is 0 Å². The molecule has 0 radical (unpaired) electrons. The molecule has 1 aromatic carbocycles. The second-order valence-corrected chi connectivity index (χ2v) is 6.97. The van der Waals surface area contributed by atoms with Gasteiger partial charge in [0.1, 0.15) is 4.75 Å². The Balaban J connectivity index is 2.71. The number of sulfone groups is 1. The largest absolute Gasteiger partial charge is 0.326 e. The van der Waals surface area contributed by atoms with E-state index >= 15 is 0 Å². The Morgan fingerprint density at radius 2 is 2.00 bits per heavy atom. The second-order valence-electron chi connectivity index (χ2n) is 4.50. The highest BCUT2D eigenvalue weighted by molar-refractivity contribution is 7.94. The maximum Gasteiger partial charge on any atom is 0.245 e. The number of rotatable bonds is 1. The minimum atomic E-state index is -3.65. The van der Waals surface area contributed by atoms with Crippen LogP contribution in [0.1, 0.15) is 19.4 Å². The molecular weight excluding hydrogens is 240 g/mol. The average molecular weight is 254 g/mol. The number of nitrogens with one attached hydrogen (secondary N) is 1. The van der Waals surface area contributed by atoms with Crippen molar-refractivity contribution >= 4 is 21.4 Å². The summed E-state index contributed by atoms with van der Waals surface area (Å²) < 4.78 is 23.0. The van der Waals surface area contributed by atoms with Crippen LogP contribution in [0.5, 0.6) is 0 Å². The number of benzene rings is 1. The van der Waals surface area contributed by atoms with Crippen molar-refractivity contribution in [2.45, 2.75) is 30.0 Å². The van der Waals surface area contributed by atoms with Crippen LogP contribution in [0, 0.1) is 0 Å². The Morgan fingerprint density at radius 3 is 2.59 bits per heavy atom. The normalized spacial score (nSPS) is 20.5. The van der Waals surface area contributed by atoms with Crippen molar-refractivity contribution in [3.05, 3.63) is 23.8 Å². The molecule has 0 saturated heterocycles. The summed E-state index contributed by atoms with van der Waals surface area (Å²) in [5.41, 5.74) is 6.57. The fourth-order valence-corrected chi connectivity index (χ4v) is 3.20.